The summed E-state index contributed by atoms with van der Waals surface area (Å²) in [4.78, 5) is 25.6. The van der Waals surface area contributed by atoms with Crippen molar-refractivity contribution >= 4 is 34.3 Å². The summed E-state index contributed by atoms with van der Waals surface area (Å²) in [5.41, 5.74) is 0.812. The number of rotatable bonds is 6. The summed E-state index contributed by atoms with van der Waals surface area (Å²) in [5.74, 6) is 0.0362. The smallest absolute Gasteiger partial charge is 0.340 e. The van der Waals surface area contributed by atoms with Gasteiger partial charge >= 0.3 is 5.97 Å². The lowest BCUT2D eigenvalue weighted by Crippen LogP contribution is -2.15. The van der Waals surface area contributed by atoms with E-state index >= 15 is 0 Å². The zero-order chi connectivity index (χ0) is 20.1. The number of amides is 1. The molecule has 28 heavy (non-hydrogen) atoms. The lowest BCUT2D eigenvalue weighted by molar-refractivity contribution is -0.112. The number of hydrogen-bond donors (Lipinski definition) is 1. The van der Waals surface area contributed by atoms with Gasteiger partial charge in [0, 0.05) is 4.88 Å². The summed E-state index contributed by atoms with van der Waals surface area (Å²) in [6.45, 7) is 2.17. The number of methoxy groups -OCH3 is 1. The monoisotopic (exact) mass is 398 g/mol. The molecule has 0 bridgehead atoms. The van der Waals surface area contributed by atoms with Crippen LogP contribution in [0.2, 0.25) is 0 Å². The Morgan fingerprint density at radius 1 is 1.32 bits per heavy atom. The summed E-state index contributed by atoms with van der Waals surface area (Å²) in [6, 6.07) is 8.74. The van der Waals surface area contributed by atoms with Crippen LogP contribution in [0.1, 0.15) is 34.1 Å². The number of ether oxygens (including phenoxy) is 3. The maximum atomic E-state index is 12.6. The van der Waals surface area contributed by atoms with E-state index in [2.05, 4.69) is 5.32 Å². The quantitative estimate of drug-likeness (QED) is 0.452. The molecule has 1 aliphatic rings. The second-order valence-electron chi connectivity index (χ2n) is 5.93. The molecule has 0 spiro atoms. The summed E-state index contributed by atoms with van der Waals surface area (Å²) in [7, 11) is 1.28. The minimum atomic E-state index is -0.602. The molecule has 144 valence electrons. The first kappa shape index (κ1) is 19.5. The van der Waals surface area contributed by atoms with Crippen molar-refractivity contribution in [1.29, 1.82) is 5.26 Å². The Morgan fingerprint density at radius 3 is 2.82 bits per heavy atom. The van der Waals surface area contributed by atoms with E-state index < -0.39 is 11.9 Å². The van der Waals surface area contributed by atoms with Crippen LogP contribution < -0.4 is 14.8 Å². The van der Waals surface area contributed by atoms with Crippen molar-refractivity contribution in [1.82, 2.24) is 0 Å². The Hall–Kier alpha value is -3.31. The SMILES string of the molecule is CCCc1cc(C(=O)OC)c(NC(=O)C(C#N)=Cc2ccc3c(c2)OCO3)s1. The van der Waals surface area contributed by atoms with Crippen molar-refractivity contribution in [3.63, 3.8) is 0 Å². The molecule has 1 aliphatic heterocycles. The van der Waals surface area contributed by atoms with E-state index in [-0.39, 0.29) is 17.9 Å². The van der Waals surface area contributed by atoms with Crippen LogP contribution in [-0.2, 0) is 16.0 Å². The standard InChI is InChI=1S/C20H18N2O5S/c1-3-4-14-9-15(20(24)25-2)19(28-14)22-18(23)13(10-21)7-12-5-6-16-17(8-12)27-11-26-16/h5-9H,3-4,11H2,1-2H3,(H,22,23). The zero-order valence-corrected chi connectivity index (χ0v) is 16.2. The van der Waals surface area contributed by atoms with Crippen LogP contribution >= 0.6 is 11.3 Å². The highest BCUT2D eigenvalue weighted by molar-refractivity contribution is 7.16. The van der Waals surface area contributed by atoms with Gasteiger partial charge in [0.25, 0.3) is 5.91 Å². The number of hydrogen-bond acceptors (Lipinski definition) is 7. The summed E-state index contributed by atoms with van der Waals surface area (Å²) in [6.07, 6.45) is 3.14. The predicted molar refractivity (Wildman–Crippen MR) is 104 cm³/mol. The Labute approximate surface area is 166 Å². The second-order valence-corrected chi connectivity index (χ2v) is 7.07. The first-order valence-electron chi connectivity index (χ1n) is 8.59. The van der Waals surface area contributed by atoms with E-state index in [0.29, 0.717) is 22.1 Å². The van der Waals surface area contributed by atoms with Gasteiger partial charge in [-0.2, -0.15) is 5.26 Å². The molecular weight excluding hydrogens is 380 g/mol. The van der Waals surface area contributed by atoms with Crippen LogP contribution in [0.4, 0.5) is 5.00 Å². The maximum absolute atomic E-state index is 12.6. The fourth-order valence-electron chi connectivity index (χ4n) is 2.65. The number of thiophene rings is 1. The van der Waals surface area contributed by atoms with E-state index in [1.807, 2.05) is 13.0 Å². The number of fused-ring (bicyclic) bond motifs is 1. The molecule has 7 nitrogen and oxygen atoms in total. The summed E-state index contributed by atoms with van der Waals surface area (Å²) >= 11 is 1.30. The largest absolute Gasteiger partial charge is 0.465 e. The number of nitrogens with one attached hydrogen (secondary N) is 1. The van der Waals surface area contributed by atoms with E-state index in [4.69, 9.17) is 14.2 Å². The molecule has 0 unspecified atom stereocenters. The highest BCUT2D eigenvalue weighted by Gasteiger charge is 2.20. The van der Waals surface area contributed by atoms with Crippen LogP contribution in [0.25, 0.3) is 6.08 Å². The van der Waals surface area contributed by atoms with Crippen LogP contribution in [0.5, 0.6) is 11.5 Å². The Balaban J connectivity index is 1.84. The normalized spacial score (nSPS) is 12.4. The van der Waals surface area contributed by atoms with Crippen molar-refractivity contribution in [3.05, 3.63) is 45.8 Å². The van der Waals surface area contributed by atoms with Gasteiger partial charge in [0.2, 0.25) is 6.79 Å². The number of benzene rings is 1. The van der Waals surface area contributed by atoms with Crippen LogP contribution in [0, 0.1) is 11.3 Å². The zero-order valence-electron chi connectivity index (χ0n) is 15.4. The van der Waals surface area contributed by atoms with Crippen LogP contribution in [0.3, 0.4) is 0 Å². The summed E-state index contributed by atoms with van der Waals surface area (Å²) in [5, 5.41) is 12.4. The van der Waals surface area contributed by atoms with Crippen LogP contribution in [-0.4, -0.2) is 25.8 Å². The number of esters is 1. The minimum absolute atomic E-state index is 0.0971. The van der Waals surface area contributed by atoms with Gasteiger partial charge in [-0.3, -0.25) is 4.79 Å². The van der Waals surface area contributed by atoms with Crippen molar-refractivity contribution in [2.24, 2.45) is 0 Å². The van der Waals surface area contributed by atoms with Crippen LogP contribution in [0.15, 0.2) is 29.8 Å². The number of nitriles is 1. The Kier molecular flexibility index (Phi) is 5.96. The highest BCUT2D eigenvalue weighted by atomic mass is 32.1. The number of carbonyl (C=O) groups excluding carboxylic acids is 2. The van der Waals surface area contributed by atoms with E-state index in [1.165, 1.54) is 24.5 Å². The number of nitrogens with zero attached hydrogens (tertiary/aromatic N) is 1. The van der Waals surface area contributed by atoms with Gasteiger partial charge in [-0.15, -0.1) is 11.3 Å². The molecular formula is C20H18N2O5S. The van der Waals surface area contributed by atoms with E-state index in [1.54, 1.807) is 24.3 Å². The molecule has 0 fully saturated rings. The molecule has 1 aromatic carbocycles. The lowest BCUT2D eigenvalue weighted by Gasteiger charge is -2.05. The van der Waals surface area contributed by atoms with Crippen molar-refractivity contribution < 1.29 is 23.8 Å². The molecule has 1 aromatic heterocycles. The Bertz CT molecular complexity index is 987. The molecule has 3 rings (SSSR count). The fraction of sp³-hybridized carbons (Fsp3) is 0.250. The van der Waals surface area contributed by atoms with Gasteiger partial charge in [0.05, 0.1) is 12.7 Å². The van der Waals surface area contributed by atoms with Crippen molar-refractivity contribution in [2.45, 2.75) is 19.8 Å². The van der Waals surface area contributed by atoms with Crippen molar-refractivity contribution in [2.75, 3.05) is 19.2 Å². The number of aryl methyl sites for hydroxylation is 1. The third-order valence-electron chi connectivity index (χ3n) is 3.98. The Morgan fingerprint density at radius 2 is 2.11 bits per heavy atom. The maximum Gasteiger partial charge on any atom is 0.340 e. The first-order valence-corrected chi connectivity index (χ1v) is 9.41. The number of anilines is 1. The predicted octanol–water partition coefficient (Wildman–Crippen LogP) is 3.76. The molecule has 0 aliphatic carbocycles. The topological polar surface area (TPSA) is 97.7 Å². The minimum Gasteiger partial charge on any atom is -0.465 e. The van der Waals surface area contributed by atoms with Gasteiger partial charge in [-0.25, -0.2) is 4.79 Å². The lowest BCUT2D eigenvalue weighted by atomic mass is 10.1. The average Bonchev–Trinajstić information content (AvgIpc) is 3.32. The van der Waals surface area contributed by atoms with Gasteiger partial charge in [0.15, 0.2) is 11.5 Å². The summed E-state index contributed by atoms with van der Waals surface area (Å²) < 4.78 is 15.3. The van der Waals surface area contributed by atoms with Crippen molar-refractivity contribution in [3.8, 4) is 17.6 Å². The third-order valence-corrected chi connectivity index (χ3v) is 5.09. The second kappa shape index (κ2) is 8.59. The molecule has 8 heteroatoms. The highest BCUT2D eigenvalue weighted by Crippen LogP contribution is 2.33. The van der Waals surface area contributed by atoms with Gasteiger partial charge < -0.3 is 19.5 Å². The first-order chi connectivity index (χ1) is 13.5. The molecule has 2 aromatic rings. The average molecular weight is 398 g/mol. The molecule has 0 radical (unpaired) electrons. The molecule has 2 heterocycles. The fourth-order valence-corrected chi connectivity index (χ4v) is 3.80. The van der Waals surface area contributed by atoms with E-state index in [9.17, 15) is 14.9 Å². The number of carbonyl (C=O) groups is 2. The van der Waals surface area contributed by atoms with Gasteiger partial charge in [-0.05, 0) is 36.3 Å². The molecule has 0 saturated carbocycles. The van der Waals surface area contributed by atoms with Gasteiger partial charge in [-0.1, -0.05) is 19.4 Å². The molecule has 0 atom stereocenters. The third kappa shape index (κ3) is 4.15. The van der Waals surface area contributed by atoms with E-state index in [0.717, 1.165) is 17.7 Å². The molecule has 0 saturated heterocycles. The molecule has 1 amide bonds. The van der Waals surface area contributed by atoms with Gasteiger partial charge in [0.1, 0.15) is 16.6 Å². The molecule has 1 N–H and O–H groups in total.